The molecule has 2 aliphatic rings. The molecule has 0 bridgehead atoms. The average Bonchev–Trinajstić information content (AvgIpc) is 2.86. The molecule has 3 heterocycles. The number of benzene rings is 1. The number of halogens is 3. The fraction of sp³-hybridized carbons (Fsp3) is 0.360. The number of nitrogens with two attached hydrogens (primary N) is 1. The number of ether oxygens (including phenoxy) is 1. The third-order valence-corrected chi connectivity index (χ3v) is 6.41. The zero-order valence-electron chi connectivity index (χ0n) is 19.6. The minimum atomic E-state index is -0.954. The first-order valence-electron chi connectivity index (χ1n) is 11.5. The molecule has 1 aromatic carbocycles. The van der Waals surface area contributed by atoms with Crippen molar-refractivity contribution in [3.63, 3.8) is 0 Å². The van der Waals surface area contributed by atoms with Crippen molar-refractivity contribution in [3.8, 4) is 0 Å². The van der Waals surface area contributed by atoms with E-state index in [-0.39, 0.29) is 11.7 Å². The maximum absolute atomic E-state index is 13.8. The predicted octanol–water partition coefficient (Wildman–Crippen LogP) is 3.73. The molecule has 2 saturated heterocycles. The van der Waals surface area contributed by atoms with Crippen molar-refractivity contribution in [1.29, 1.82) is 0 Å². The first-order chi connectivity index (χ1) is 16.8. The van der Waals surface area contributed by atoms with Gasteiger partial charge in [0.05, 0.1) is 18.2 Å². The zero-order chi connectivity index (χ0) is 24.9. The molecule has 2 N–H and O–H groups in total. The molecule has 2 aliphatic heterocycles. The monoisotopic (exact) mass is 502 g/mol. The SMILES string of the molecule is C=C(N=C(/C=C(\N)c1ccc(F)c(F)c1)N1CCN(c2ncccc2Cl)C[C@@H]1C)N1CCOCC1. The normalized spacial score (nSPS) is 19.8. The third-order valence-electron chi connectivity index (χ3n) is 6.12. The Morgan fingerprint density at radius 2 is 1.97 bits per heavy atom. The summed E-state index contributed by atoms with van der Waals surface area (Å²) >= 11 is 6.37. The Morgan fingerprint density at radius 3 is 2.66 bits per heavy atom. The summed E-state index contributed by atoms with van der Waals surface area (Å²) in [7, 11) is 0. The first kappa shape index (κ1) is 24.9. The molecule has 0 radical (unpaired) electrons. The number of hydrogen-bond acceptors (Lipinski definition) is 6. The molecule has 1 atom stereocenters. The van der Waals surface area contributed by atoms with E-state index >= 15 is 0 Å². The lowest BCUT2D eigenvalue weighted by atomic mass is 10.1. The van der Waals surface area contributed by atoms with Gasteiger partial charge in [0.1, 0.15) is 17.5 Å². The van der Waals surface area contributed by atoms with Gasteiger partial charge in [0.2, 0.25) is 0 Å². The Balaban J connectivity index is 1.62. The van der Waals surface area contributed by atoms with E-state index < -0.39 is 11.6 Å². The van der Waals surface area contributed by atoms with Crippen LogP contribution in [0.15, 0.2) is 60.0 Å². The van der Waals surface area contributed by atoms with Gasteiger partial charge in [-0.3, -0.25) is 0 Å². The fourth-order valence-electron chi connectivity index (χ4n) is 4.20. The molecule has 4 rings (SSSR count). The molecule has 7 nitrogen and oxygen atoms in total. The Labute approximate surface area is 209 Å². The number of amidine groups is 1. The second-order valence-electron chi connectivity index (χ2n) is 8.51. The fourth-order valence-corrected chi connectivity index (χ4v) is 4.44. The largest absolute Gasteiger partial charge is 0.398 e. The highest BCUT2D eigenvalue weighted by molar-refractivity contribution is 6.32. The van der Waals surface area contributed by atoms with Crippen LogP contribution in [0, 0.1) is 11.6 Å². The number of hydrogen-bond donors (Lipinski definition) is 1. The number of nitrogens with zero attached hydrogens (tertiary/aromatic N) is 5. The van der Waals surface area contributed by atoms with Crippen LogP contribution in [-0.4, -0.2) is 72.6 Å². The van der Waals surface area contributed by atoms with Crippen LogP contribution in [0.1, 0.15) is 12.5 Å². The van der Waals surface area contributed by atoms with Crippen LogP contribution in [0.25, 0.3) is 5.70 Å². The predicted molar refractivity (Wildman–Crippen MR) is 135 cm³/mol. The number of piperazine rings is 1. The number of rotatable bonds is 5. The summed E-state index contributed by atoms with van der Waals surface area (Å²) in [6.45, 7) is 10.8. The smallest absolute Gasteiger partial charge is 0.159 e. The maximum Gasteiger partial charge on any atom is 0.159 e. The molecular formula is C25H29ClF2N6O. The van der Waals surface area contributed by atoms with Crippen LogP contribution in [0.3, 0.4) is 0 Å². The molecule has 0 spiro atoms. The quantitative estimate of drug-likeness (QED) is 0.496. The molecule has 1 aromatic heterocycles. The number of anilines is 1. The minimum absolute atomic E-state index is 0.0343. The minimum Gasteiger partial charge on any atom is -0.398 e. The lowest BCUT2D eigenvalue weighted by Crippen LogP contribution is -2.54. The van der Waals surface area contributed by atoms with Crippen LogP contribution >= 0.6 is 11.6 Å². The topological polar surface area (TPSA) is 70.2 Å². The summed E-state index contributed by atoms with van der Waals surface area (Å²) in [6, 6.07) is 7.26. The van der Waals surface area contributed by atoms with Crippen molar-refractivity contribution in [3.05, 3.63) is 77.2 Å². The van der Waals surface area contributed by atoms with Crippen molar-refractivity contribution in [2.45, 2.75) is 13.0 Å². The van der Waals surface area contributed by atoms with E-state index in [4.69, 9.17) is 27.1 Å². The van der Waals surface area contributed by atoms with Gasteiger partial charge in [0.25, 0.3) is 0 Å². The van der Waals surface area contributed by atoms with Crippen LogP contribution in [0.5, 0.6) is 0 Å². The standard InChI is InChI=1S/C25H29ClF2N6O/c1-17-16-33(25-20(26)4-3-7-30-25)8-9-34(17)24(31-18(2)32-10-12-35-13-11-32)15-23(29)19-5-6-21(27)22(28)14-19/h3-7,14-15,17H,2,8-13,16,29H2,1H3/b23-15-,31-24?/t17-/m0/s1. The van der Waals surface area contributed by atoms with E-state index in [0.29, 0.717) is 68.2 Å². The van der Waals surface area contributed by atoms with Gasteiger partial charge in [-0.05, 0) is 37.3 Å². The number of aromatic nitrogens is 1. The Bertz CT molecular complexity index is 1130. The van der Waals surface area contributed by atoms with E-state index in [1.807, 2.05) is 6.07 Å². The van der Waals surface area contributed by atoms with Gasteiger partial charge in [-0.15, -0.1) is 0 Å². The summed E-state index contributed by atoms with van der Waals surface area (Å²) in [5.41, 5.74) is 6.98. The molecule has 186 valence electrons. The summed E-state index contributed by atoms with van der Waals surface area (Å²) in [5, 5.41) is 0.602. The summed E-state index contributed by atoms with van der Waals surface area (Å²) in [4.78, 5) is 15.6. The summed E-state index contributed by atoms with van der Waals surface area (Å²) < 4.78 is 32.7. The van der Waals surface area contributed by atoms with Gasteiger partial charge in [0.15, 0.2) is 11.6 Å². The van der Waals surface area contributed by atoms with E-state index in [9.17, 15) is 8.78 Å². The third kappa shape index (κ3) is 5.91. The Hall–Kier alpha value is -3.17. The number of aliphatic imine (C=N–C) groups is 1. The zero-order valence-corrected chi connectivity index (χ0v) is 20.4. The number of pyridine rings is 1. The summed E-state index contributed by atoms with van der Waals surface area (Å²) in [5.74, 6) is 0.0649. The first-order valence-corrected chi connectivity index (χ1v) is 11.9. The molecule has 0 amide bonds. The maximum atomic E-state index is 13.8. The Kier molecular flexibility index (Phi) is 7.87. The molecule has 0 aliphatic carbocycles. The number of morpholine rings is 1. The van der Waals surface area contributed by atoms with E-state index in [1.54, 1.807) is 18.3 Å². The Morgan fingerprint density at radius 1 is 1.20 bits per heavy atom. The van der Waals surface area contributed by atoms with Gasteiger partial charge >= 0.3 is 0 Å². The van der Waals surface area contributed by atoms with Crippen LogP contribution < -0.4 is 10.6 Å². The molecule has 2 aromatic rings. The van der Waals surface area contributed by atoms with Gasteiger partial charge < -0.3 is 25.2 Å². The van der Waals surface area contributed by atoms with Crippen molar-refractivity contribution < 1.29 is 13.5 Å². The molecule has 35 heavy (non-hydrogen) atoms. The van der Waals surface area contributed by atoms with E-state index in [0.717, 1.165) is 18.0 Å². The molecule has 10 heteroatoms. The lowest BCUT2D eigenvalue weighted by molar-refractivity contribution is 0.0533. The van der Waals surface area contributed by atoms with Gasteiger partial charge in [-0.2, -0.15) is 0 Å². The molecular weight excluding hydrogens is 474 g/mol. The van der Waals surface area contributed by atoms with Crippen LogP contribution in [0.2, 0.25) is 5.02 Å². The van der Waals surface area contributed by atoms with Gasteiger partial charge in [0, 0.05) is 62.3 Å². The lowest BCUT2D eigenvalue weighted by Gasteiger charge is -2.42. The van der Waals surface area contributed by atoms with Gasteiger partial charge in [-0.25, -0.2) is 18.8 Å². The van der Waals surface area contributed by atoms with E-state index in [2.05, 4.69) is 33.2 Å². The van der Waals surface area contributed by atoms with Crippen molar-refractivity contribution in [2.24, 2.45) is 10.7 Å². The van der Waals surface area contributed by atoms with Crippen LogP contribution in [-0.2, 0) is 4.74 Å². The van der Waals surface area contributed by atoms with Crippen molar-refractivity contribution in [1.82, 2.24) is 14.8 Å². The highest BCUT2D eigenvalue weighted by Crippen LogP contribution is 2.26. The second kappa shape index (κ2) is 11.0. The highest BCUT2D eigenvalue weighted by atomic mass is 35.5. The molecule has 0 saturated carbocycles. The van der Waals surface area contributed by atoms with E-state index in [1.165, 1.54) is 6.07 Å². The van der Waals surface area contributed by atoms with Crippen molar-refractivity contribution >= 4 is 29.0 Å². The van der Waals surface area contributed by atoms with Crippen LogP contribution in [0.4, 0.5) is 14.6 Å². The van der Waals surface area contributed by atoms with Crippen molar-refractivity contribution in [2.75, 3.05) is 50.8 Å². The molecule has 2 fully saturated rings. The highest BCUT2D eigenvalue weighted by Gasteiger charge is 2.28. The molecule has 0 unspecified atom stereocenters. The van der Waals surface area contributed by atoms with Gasteiger partial charge in [-0.1, -0.05) is 18.2 Å². The second-order valence-corrected chi connectivity index (χ2v) is 8.92. The average molecular weight is 503 g/mol. The summed E-state index contributed by atoms with van der Waals surface area (Å²) in [6.07, 6.45) is 3.42.